The van der Waals surface area contributed by atoms with Crippen LogP contribution in [0.2, 0.25) is 0 Å². The van der Waals surface area contributed by atoms with E-state index >= 15 is 0 Å². The summed E-state index contributed by atoms with van der Waals surface area (Å²) in [5.41, 5.74) is 6.77. The molecule has 0 bridgehead atoms. The lowest BCUT2D eigenvalue weighted by molar-refractivity contribution is -0.684. The van der Waals surface area contributed by atoms with Crippen LogP contribution in [0.5, 0.6) is 0 Å². The fourth-order valence-corrected chi connectivity index (χ4v) is 7.18. The number of pyridine rings is 1. The number of imidazole rings is 1. The largest absolute Gasteiger partial charge is 0.456 e. The Bertz CT molecular complexity index is 1930. The Morgan fingerprint density at radius 1 is 1.24 bits per heavy atom. The van der Waals surface area contributed by atoms with E-state index in [-0.39, 0.29) is 41.9 Å². The van der Waals surface area contributed by atoms with Crippen molar-refractivity contribution in [2.75, 3.05) is 0 Å². The van der Waals surface area contributed by atoms with Crippen molar-refractivity contribution in [3.8, 4) is 0 Å². The Morgan fingerprint density at radius 2 is 1.98 bits per heavy atom. The molecular formula is C30H27N6O8S+. The minimum Gasteiger partial charge on any atom is -0.456 e. The molecule has 0 unspecified atom stereocenters. The zero-order chi connectivity index (χ0) is 32.2. The van der Waals surface area contributed by atoms with E-state index in [4.69, 9.17) is 10.5 Å². The smallest absolute Gasteiger partial charge is 0.355 e. The van der Waals surface area contributed by atoms with Crippen molar-refractivity contribution in [3.63, 3.8) is 0 Å². The molecule has 5 heterocycles. The maximum Gasteiger partial charge on any atom is 0.355 e. The topological polar surface area (TPSA) is 191 Å². The van der Waals surface area contributed by atoms with E-state index in [9.17, 15) is 34.4 Å². The minimum absolute atomic E-state index is 0.0530. The monoisotopic (exact) mass is 631 g/mol. The Hall–Kier alpha value is -5.28. The van der Waals surface area contributed by atoms with Gasteiger partial charge in [0.15, 0.2) is 12.4 Å². The van der Waals surface area contributed by atoms with Gasteiger partial charge in [-0.1, -0.05) is 6.92 Å². The summed E-state index contributed by atoms with van der Waals surface area (Å²) in [7, 11) is 0. The van der Waals surface area contributed by atoms with Crippen molar-refractivity contribution in [1.29, 1.82) is 0 Å². The molecule has 3 N–H and O–H groups in total. The lowest BCUT2D eigenvalue weighted by atomic mass is 9.77. The number of thiazole rings is 1. The molecule has 0 radical (unpaired) electrons. The van der Waals surface area contributed by atoms with Crippen molar-refractivity contribution in [3.05, 3.63) is 98.8 Å². The number of ether oxygens (including phenoxy) is 1. The zero-order valence-electron chi connectivity index (χ0n) is 24.0. The van der Waals surface area contributed by atoms with Gasteiger partial charge in [-0.2, -0.15) is 4.57 Å². The number of nitrogens with two attached hydrogens (primary N) is 1. The fourth-order valence-electron chi connectivity index (χ4n) is 5.97. The predicted octanol–water partition coefficient (Wildman–Crippen LogP) is 1.62. The van der Waals surface area contributed by atoms with Crippen LogP contribution >= 0.6 is 11.3 Å². The maximum atomic E-state index is 13.6. The molecule has 14 nitrogen and oxygen atoms in total. The SMILES string of the molecule is C[C@@H](O)[C@H]1C(=O)N2C(C(=O)OCc3ccc([N+](=O)[O-])cc3)=C(c3cn4cnc(C(=O)c5ccc[n+](CC(N)=O)c5)c4s3)[C@H](C)[C@H]12. The number of amides is 2. The number of rotatable bonds is 10. The van der Waals surface area contributed by atoms with E-state index in [1.807, 2.05) is 6.92 Å². The number of non-ortho nitro benzene ring substituents is 1. The van der Waals surface area contributed by atoms with Gasteiger partial charge in [0.2, 0.25) is 18.2 Å². The molecule has 4 aromatic rings. The fraction of sp³-hybridized carbons (Fsp3) is 0.267. The first kappa shape index (κ1) is 29.8. The number of aliphatic hydroxyl groups excluding tert-OH is 1. The number of nitrogens with zero attached hydrogens (tertiary/aromatic N) is 5. The average molecular weight is 632 g/mol. The zero-order valence-corrected chi connectivity index (χ0v) is 24.8. The number of benzene rings is 1. The number of aromatic nitrogens is 3. The van der Waals surface area contributed by atoms with Gasteiger partial charge in [0.1, 0.15) is 29.2 Å². The van der Waals surface area contributed by atoms with Gasteiger partial charge in [0, 0.05) is 35.9 Å². The molecule has 0 aliphatic carbocycles. The first-order valence-electron chi connectivity index (χ1n) is 13.9. The number of aliphatic hydroxyl groups is 1. The van der Waals surface area contributed by atoms with Gasteiger partial charge < -0.3 is 20.5 Å². The van der Waals surface area contributed by atoms with Gasteiger partial charge >= 0.3 is 5.97 Å². The number of carbonyl (C=O) groups excluding carboxylic acids is 4. The van der Waals surface area contributed by atoms with Crippen molar-refractivity contribution in [1.82, 2.24) is 14.3 Å². The standard InChI is InChI=1S/C30H26N6O8S/c1-15-22(20-11-34-14-32-24(29(34)45-20)27(39)18-4-3-9-33(10-18)12-21(31)38)26(35-25(15)23(16(2)37)28(35)40)30(41)44-13-17-5-7-19(8-6-17)36(42)43/h3-11,14-16,23,25,37H,12-13H2,1-2H3,(H-,31,38)/p+1/t15-,16+,23+,25+/m0/s1. The van der Waals surface area contributed by atoms with Crippen LogP contribution in [-0.4, -0.2) is 60.0 Å². The third-order valence-corrected chi connectivity index (χ3v) is 9.18. The molecule has 0 spiro atoms. The van der Waals surface area contributed by atoms with E-state index in [1.54, 1.807) is 28.9 Å². The van der Waals surface area contributed by atoms with E-state index < -0.39 is 40.8 Å². The molecule has 3 aromatic heterocycles. The maximum absolute atomic E-state index is 13.6. The molecule has 230 valence electrons. The average Bonchev–Trinajstić information content (AvgIpc) is 3.65. The van der Waals surface area contributed by atoms with Crippen LogP contribution in [0.25, 0.3) is 10.4 Å². The molecule has 0 saturated carbocycles. The minimum atomic E-state index is -0.937. The summed E-state index contributed by atoms with van der Waals surface area (Å²) in [5, 5.41) is 21.3. The van der Waals surface area contributed by atoms with E-state index in [1.165, 1.54) is 64.5 Å². The van der Waals surface area contributed by atoms with E-state index in [0.717, 1.165) is 0 Å². The number of esters is 1. The molecule has 4 atom stereocenters. The van der Waals surface area contributed by atoms with Crippen LogP contribution in [0.1, 0.15) is 40.3 Å². The third-order valence-electron chi connectivity index (χ3n) is 8.03. The number of β-lactam (4-membered cyclic amide) rings is 1. The van der Waals surface area contributed by atoms with Gasteiger partial charge in [-0.25, -0.2) is 9.78 Å². The highest BCUT2D eigenvalue weighted by atomic mass is 32.1. The first-order chi connectivity index (χ1) is 21.5. The second kappa shape index (κ2) is 11.3. The van der Waals surface area contributed by atoms with Crippen molar-refractivity contribution in [2.45, 2.75) is 39.1 Å². The number of primary amides is 1. The quantitative estimate of drug-likeness (QED) is 0.0654. The van der Waals surface area contributed by atoms with Crippen LogP contribution in [0.4, 0.5) is 5.69 Å². The Kier molecular flexibility index (Phi) is 7.50. The van der Waals surface area contributed by atoms with Crippen molar-refractivity contribution >= 4 is 51.0 Å². The molecular weight excluding hydrogens is 604 g/mol. The van der Waals surface area contributed by atoms with Crippen molar-refractivity contribution in [2.24, 2.45) is 17.6 Å². The first-order valence-corrected chi connectivity index (χ1v) is 14.7. The number of nitro benzene ring substituents is 1. The molecule has 2 aliphatic rings. The number of nitro groups is 1. The van der Waals surface area contributed by atoms with E-state index in [2.05, 4.69) is 4.98 Å². The highest BCUT2D eigenvalue weighted by molar-refractivity contribution is 7.18. The van der Waals surface area contributed by atoms with Gasteiger partial charge in [0.05, 0.1) is 33.4 Å². The summed E-state index contributed by atoms with van der Waals surface area (Å²) in [4.78, 5) is 68.9. The summed E-state index contributed by atoms with van der Waals surface area (Å²) in [6.07, 6.45) is 5.41. The highest BCUT2D eigenvalue weighted by Crippen LogP contribution is 2.52. The van der Waals surface area contributed by atoms with Gasteiger partial charge in [-0.3, -0.25) is 28.9 Å². The molecule has 1 fully saturated rings. The van der Waals surface area contributed by atoms with Gasteiger partial charge in [-0.05, 0) is 30.7 Å². The Morgan fingerprint density at radius 3 is 2.64 bits per heavy atom. The van der Waals surface area contributed by atoms with Crippen LogP contribution in [0.3, 0.4) is 0 Å². The number of ketones is 1. The number of carbonyl (C=O) groups is 4. The Labute approximate surface area is 259 Å². The number of fused-ring (bicyclic) bond motifs is 2. The van der Waals surface area contributed by atoms with E-state index in [0.29, 0.717) is 26.4 Å². The van der Waals surface area contributed by atoms with Crippen molar-refractivity contribution < 1.29 is 38.5 Å². The lowest BCUT2D eigenvalue weighted by Gasteiger charge is -2.46. The third kappa shape index (κ3) is 5.15. The van der Waals surface area contributed by atoms with Crippen LogP contribution in [-0.2, 0) is 32.3 Å². The summed E-state index contributed by atoms with van der Waals surface area (Å²) < 4.78 is 8.76. The Balaban J connectivity index is 1.35. The molecule has 2 amide bonds. The van der Waals surface area contributed by atoms with Crippen LogP contribution in [0, 0.1) is 22.0 Å². The lowest BCUT2D eigenvalue weighted by Crippen LogP contribution is -2.63. The molecule has 45 heavy (non-hydrogen) atoms. The summed E-state index contributed by atoms with van der Waals surface area (Å²) >= 11 is 1.22. The molecule has 1 saturated heterocycles. The second-order valence-electron chi connectivity index (χ2n) is 11.0. The van der Waals surface area contributed by atoms with Gasteiger partial charge in [-0.15, -0.1) is 11.3 Å². The van der Waals surface area contributed by atoms with Crippen LogP contribution in [0.15, 0.2) is 67.0 Å². The molecule has 1 aromatic carbocycles. The molecule has 6 rings (SSSR count). The number of hydrogen-bond acceptors (Lipinski definition) is 10. The molecule has 2 aliphatic heterocycles. The second-order valence-corrected chi connectivity index (χ2v) is 12.0. The number of hydrogen-bond donors (Lipinski definition) is 2. The molecule has 15 heteroatoms. The summed E-state index contributed by atoms with van der Waals surface area (Å²) in [6, 6.07) is 8.34. The van der Waals surface area contributed by atoms with Gasteiger partial charge in [0.25, 0.3) is 11.6 Å². The normalized spacial score (nSPS) is 19.8. The van der Waals surface area contributed by atoms with Crippen LogP contribution < -0.4 is 10.3 Å². The predicted molar refractivity (Wildman–Crippen MR) is 157 cm³/mol. The summed E-state index contributed by atoms with van der Waals surface area (Å²) in [6.45, 7) is 3.12. The summed E-state index contributed by atoms with van der Waals surface area (Å²) in [5.74, 6) is -3.15. The highest BCUT2D eigenvalue weighted by Gasteiger charge is 2.60.